The number of hydrogen-bond acceptors (Lipinski definition) is 2. The summed E-state index contributed by atoms with van der Waals surface area (Å²) in [6.07, 6.45) is 1.72. The van der Waals surface area contributed by atoms with E-state index in [0.29, 0.717) is 0 Å². The Balaban J connectivity index is 2.15. The summed E-state index contributed by atoms with van der Waals surface area (Å²) in [5.41, 5.74) is 2.49. The molecular formula is C15H19N3. The summed E-state index contributed by atoms with van der Waals surface area (Å²) in [5, 5.41) is 8.91. The summed E-state index contributed by atoms with van der Waals surface area (Å²) < 4.78 is 0. The molecule has 0 bridgehead atoms. The molecule has 2 aromatic rings. The van der Waals surface area contributed by atoms with Crippen LogP contribution in [0.25, 0.3) is 10.8 Å². The second kappa shape index (κ2) is 6.05. The van der Waals surface area contributed by atoms with E-state index in [1.807, 2.05) is 7.05 Å². The highest BCUT2D eigenvalue weighted by Gasteiger charge is 2.02. The van der Waals surface area contributed by atoms with Crippen molar-refractivity contribution in [2.75, 3.05) is 25.5 Å². The Morgan fingerprint density at radius 3 is 2.72 bits per heavy atom. The van der Waals surface area contributed by atoms with Crippen molar-refractivity contribution in [3.8, 4) is 0 Å². The van der Waals surface area contributed by atoms with E-state index in [4.69, 9.17) is 0 Å². The predicted molar refractivity (Wildman–Crippen MR) is 79.6 cm³/mol. The van der Waals surface area contributed by atoms with Gasteiger partial charge in [0.1, 0.15) is 0 Å². The average Bonchev–Trinajstić information content (AvgIpc) is 2.39. The van der Waals surface area contributed by atoms with Crippen molar-refractivity contribution in [1.82, 2.24) is 5.32 Å². The predicted octanol–water partition coefficient (Wildman–Crippen LogP) is 2.81. The summed E-state index contributed by atoms with van der Waals surface area (Å²) in [5.74, 6) is 0. The van der Waals surface area contributed by atoms with Crippen molar-refractivity contribution < 1.29 is 0 Å². The molecule has 2 aromatic carbocycles. The van der Waals surface area contributed by atoms with Gasteiger partial charge in [0.2, 0.25) is 0 Å². The fourth-order valence-corrected chi connectivity index (χ4v) is 2.09. The third-order valence-corrected chi connectivity index (χ3v) is 2.89. The van der Waals surface area contributed by atoms with Crippen molar-refractivity contribution in [2.45, 2.75) is 6.92 Å². The molecule has 2 rings (SSSR count). The van der Waals surface area contributed by atoms with Crippen molar-refractivity contribution in [3.05, 3.63) is 42.0 Å². The number of rotatable bonds is 5. The Morgan fingerprint density at radius 2 is 1.94 bits per heavy atom. The number of nitrogens with zero attached hydrogens (tertiary/aromatic N) is 1. The Morgan fingerprint density at radius 1 is 1.17 bits per heavy atom. The number of aliphatic imine (C=N–C) groups is 1. The molecule has 0 saturated heterocycles. The standard InChI is InChI=1S/C15H19N3/c1-12-5-3-6-13-7-4-8-14(15(12)13)18-10-9-17-11-16-2/h3-8,11,18H,9-10H2,1-2H3,(H,16,17). The highest BCUT2D eigenvalue weighted by atomic mass is 14.9. The van der Waals surface area contributed by atoms with Crippen LogP contribution in [-0.2, 0) is 0 Å². The van der Waals surface area contributed by atoms with E-state index in [9.17, 15) is 0 Å². The fourth-order valence-electron chi connectivity index (χ4n) is 2.09. The Bertz CT molecular complexity index is 541. The van der Waals surface area contributed by atoms with Gasteiger partial charge in [-0.25, -0.2) is 0 Å². The van der Waals surface area contributed by atoms with Crippen LogP contribution < -0.4 is 10.6 Å². The lowest BCUT2D eigenvalue weighted by Gasteiger charge is -2.10. The van der Waals surface area contributed by atoms with Crippen LogP contribution >= 0.6 is 0 Å². The molecule has 18 heavy (non-hydrogen) atoms. The lowest BCUT2D eigenvalue weighted by molar-refractivity contribution is 1.01. The summed E-state index contributed by atoms with van der Waals surface area (Å²) in [6, 6.07) is 12.7. The van der Waals surface area contributed by atoms with E-state index in [-0.39, 0.29) is 0 Å². The Labute approximate surface area is 108 Å². The number of aryl methyl sites for hydroxylation is 1. The first-order valence-electron chi connectivity index (χ1n) is 6.20. The Kier molecular flexibility index (Phi) is 4.18. The van der Waals surface area contributed by atoms with Gasteiger partial charge in [-0.15, -0.1) is 0 Å². The van der Waals surface area contributed by atoms with E-state index in [1.54, 1.807) is 6.34 Å². The summed E-state index contributed by atoms with van der Waals surface area (Å²) in [7, 11) is 1.85. The molecule has 0 atom stereocenters. The maximum absolute atomic E-state index is 4.21. The second-order valence-electron chi connectivity index (χ2n) is 4.23. The van der Waals surface area contributed by atoms with Gasteiger partial charge in [-0.05, 0) is 23.9 Å². The molecule has 0 aliphatic heterocycles. The number of hydrogen-bond donors (Lipinski definition) is 2. The Hall–Kier alpha value is -2.03. The average molecular weight is 241 g/mol. The second-order valence-corrected chi connectivity index (χ2v) is 4.23. The molecule has 3 nitrogen and oxygen atoms in total. The molecule has 0 heterocycles. The molecule has 3 heteroatoms. The third-order valence-electron chi connectivity index (χ3n) is 2.89. The third kappa shape index (κ3) is 2.80. The molecule has 0 fully saturated rings. The SMILES string of the molecule is CN/C=N\CCNc1cccc2cccc(C)c12. The minimum atomic E-state index is 0.767. The van der Waals surface area contributed by atoms with Gasteiger partial charge in [0.05, 0.1) is 12.9 Å². The molecule has 0 amide bonds. The molecule has 94 valence electrons. The normalized spacial score (nSPS) is 11.0. The van der Waals surface area contributed by atoms with Crippen LogP contribution in [0.1, 0.15) is 5.56 Å². The van der Waals surface area contributed by atoms with Crippen molar-refractivity contribution >= 4 is 22.8 Å². The van der Waals surface area contributed by atoms with E-state index in [0.717, 1.165) is 13.1 Å². The van der Waals surface area contributed by atoms with Gasteiger partial charge in [0, 0.05) is 24.7 Å². The monoisotopic (exact) mass is 241 g/mol. The van der Waals surface area contributed by atoms with Gasteiger partial charge >= 0.3 is 0 Å². The lowest BCUT2D eigenvalue weighted by Crippen LogP contribution is -2.08. The molecule has 0 saturated carbocycles. The zero-order valence-corrected chi connectivity index (χ0v) is 10.9. The molecule has 0 spiro atoms. The number of nitrogens with one attached hydrogen (secondary N) is 2. The van der Waals surface area contributed by atoms with Crippen LogP contribution in [0.5, 0.6) is 0 Å². The zero-order chi connectivity index (χ0) is 12.8. The largest absolute Gasteiger partial charge is 0.383 e. The van der Waals surface area contributed by atoms with E-state index < -0.39 is 0 Å². The molecule has 2 N–H and O–H groups in total. The first kappa shape index (κ1) is 12.4. The van der Waals surface area contributed by atoms with E-state index in [1.165, 1.54) is 22.0 Å². The maximum Gasteiger partial charge on any atom is 0.0822 e. The smallest absolute Gasteiger partial charge is 0.0822 e. The fraction of sp³-hybridized carbons (Fsp3) is 0.267. The molecular weight excluding hydrogens is 222 g/mol. The topological polar surface area (TPSA) is 36.4 Å². The van der Waals surface area contributed by atoms with Gasteiger partial charge in [-0.2, -0.15) is 0 Å². The summed E-state index contributed by atoms with van der Waals surface area (Å²) in [6.45, 7) is 3.75. The quantitative estimate of drug-likeness (QED) is 0.480. The van der Waals surface area contributed by atoms with Gasteiger partial charge in [-0.3, -0.25) is 4.99 Å². The molecule has 0 aliphatic rings. The molecule has 0 aromatic heterocycles. The molecule has 0 unspecified atom stereocenters. The van der Waals surface area contributed by atoms with Gasteiger partial charge in [-0.1, -0.05) is 30.3 Å². The number of benzene rings is 2. The highest BCUT2D eigenvalue weighted by Crippen LogP contribution is 2.26. The molecule has 0 radical (unpaired) electrons. The van der Waals surface area contributed by atoms with Gasteiger partial charge in [0.15, 0.2) is 0 Å². The van der Waals surface area contributed by atoms with Crippen molar-refractivity contribution in [1.29, 1.82) is 0 Å². The maximum atomic E-state index is 4.21. The van der Waals surface area contributed by atoms with E-state index in [2.05, 4.69) is 58.9 Å². The summed E-state index contributed by atoms with van der Waals surface area (Å²) >= 11 is 0. The van der Waals surface area contributed by atoms with Crippen LogP contribution in [-0.4, -0.2) is 26.5 Å². The number of fused-ring (bicyclic) bond motifs is 1. The highest BCUT2D eigenvalue weighted by molar-refractivity contribution is 5.96. The van der Waals surface area contributed by atoms with Crippen LogP contribution in [0.3, 0.4) is 0 Å². The van der Waals surface area contributed by atoms with E-state index >= 15 is 0 Å². The van der Waals surface area contributed by atoms with Crippen LogP contribution in [0.2, 0.25) is 0 Å². The first-order valence-corrected chi connectivity index (χ1v) is 6.20. The van der Waals surface area contributed by atoms with Crippen molar-refractivity contribution in [2.24, 2.45) is 4.99 Å². The molecule has 0 aliphatic carbocycles. The number of anilines is 1. The minimum Gasteiger partial charge on any atom is -0.383 e. The first-order chi connectivity index (χ1) is 8.83. The zero-order valence-electron chi connectivity index (χ0n) is 10.9. The summed E-state index contributed by atoms with van der Waals surface area (Å²) in [4.78, 5) is 4.21. The lowest BCUT2D eigenvalue weighted by atomic mass is 10.0. The minimum absolute atomic E-state index is 0.767. The van der Waals surface area contributed by atoms with Gasteiger partial charge < -0.3 is 10.6 Å². The van der Waals surface area contributed by atoms with Crippen LogP contribution in [0.15, 0.2) is 41.4 Å². The van der Waals surface area contributed by atoms with Gasteiger partial charge in [0.25, 0.3) is 0 Å². The van der Waals surface area contributed by atoms with Crippen LogP contribution in [0, 0.1) is 6.92 Å². The van der Waals surface area contributed by atoms with Crippen molar-refractivity contribution in [3.63, 3.8) is 0 Å². The van der Waals surface area contributed by atoms with Crippen LogP contribution in [0.4, 0.5) is 5.69 Å².